The molecule has 0 aromatic heterocycles. The van der Waals surface area contributed by atoms with Crippen LogP contribution in [0.15, 0.2) is 36.0 Å². The fraction of sp³-hybridized carbons (Fsp3) is 0.500. The van der Waals surface area contributed by atoms with Gasteiger partial charge in [-0.1, -0.05) is 38.8 Å². The van der Waals surface area contributed by atoms with Gasteiger partial charge >= 0.3 is 0 Å². The van der Waals surface area contributed by atoms with E-state index in [2.05, 4.69) is 29.8 Å². The Balaban J connectivity index is 0.00000114. The lowest BCUT2D eigenvalue weighted by atomic mass is 9.99. The molecule has 6 nitrogen and oxygen atoms in total. The van der Waals surface area contributed by atoms with E-state index in [1.807, 2.05) is 13.0 Å². The summed E-state index contributed by atoms with van der Waals surface area (Å²) in [6.07, 6.45) is 4.69. The molecule has 0 bridgehead atoms. The molecule has 2 amide bonds. The average Bonchev–Trinajstić information content (AvgIpc) is 2.60. The van der Waals surface area contributed by atoms with Crippen LogP contribution in [0, 0.1) is 0 Å². The number of hydrogen-bond donors (Lipinski definition) is 3. The minimum absolute atomic E-state index is 0.0200. The van der Waals surface area contributed by atoms with Gasteiger partial charge in [-0.05, 0) is 43.3 Å². The predicted octanol–water partition coefficient (Wildman–Crippen LogP) is 3.02. The zero-order valence-electron chi connectivity index (χ0n) is 16.3. The second-order valence-corrected chi connectivity index (χ2v) is 6.68. The summed E-state index contributed by atoms with van der Waals surface area (Å²) in [7, 11) is 0. The first-order chi connectivity index (χ1) is 13.0. The van der Waals surface area contributed by atoms with Crippen LogP contribution < -0.4 is 20.7 Å². The fourth-order valence-corrected chi connectivity index (χ4v) is 2.29. The zero-order chi connectivity index (χ0) is 20.1. The third kappa shape index (κ3) is 10.0. The van der Waals surface area contributed by atoms with Crippen molar-refractivity contribution < 1.29 is 14.3 Å². The van der Waals surface area contributed by atoms with Crippen molar-refractivity contribution in [2.24, 2.45) is 0 Å². The highest BCUT2D eigenvalue weighted by Crippen LogP contribution is 2.17. The number of nitrogens with one attached hydrogen (secondary N) is 3. The average molecular weight is 396 g/mol. The molecule has 7 heteroatoms. The van der Waals surface area contributed by atoms with Gasteiger partial charge in [-0.3, -0.25) is 9.59 Å². The summed E-state index contributed by atoms with van der Waals surface area (Å²) in [6, 6.07) is 6.79. The van der Waals surface area contributed by atoms with E-state index >= 15 is 0 Å². The molecule has 1 unspecified atom stereocenters. The van der Waals surface area contributed by atoms with Crippen LogP contribution in [0.25, 0.3) is 0 Å². The van der Waals surface area contributed by atoms with Crippen molar-refractivity contribution in [2.45, 2.75) is 46.1 Å². The Hall–Kier alpha value is -2.05. The first-order valence-corrected chi connectivity index (χ1v) is 9.75. The van der Waals surface area contributed by atoms with Gasteiger partial charge in [0.1, 0.15) is 5.75 Å². The van der Waals surface area contributed by atoms with E-state index in [0.29, 0.717) is 23.7 Å². The maximum absolute atomic E-state index is 11.8. The summed E-state index contributed by atoms with van der Waals surface area (Å²) in [4.78, 5) is 23.4. The first kappa shape index (κ1) is 23.0. The highest BCUT2D eigenvalue weighted by atomic mass is 35.5. The molecular weight excluding hydrogens is 366 g/mol. The quantitative estimate of drug-likeness (QED) is 0.561. The molecule has 27 heavy (non-hydrogen) atoms. The van der Waals surface area contributed by atoms with E-state index in [9.17, 15) is 9.59 Å². The van der Waals surface area contributed by atoms with E-state index in [1.54, 1.807) is 24.3 Å². The summed E-state index contributed by atoms with van der Waals surface area (Å²) in [6.45, 7) is 7.36. The Kier molecular flexibility index (Phi) is 11.2. The van der Waals surface area contributed by atoms with Crippen LogP contribution in [0.4, 0.5) is 0 Å². The van der Waals surface area contributed by atoms with Crippen LogP contribution in [0.3, 0.4) is 0 Å². The molecule has 2 rings (SSSR count). The number of benzene rings is 1. The second kappa shape index (κ2) is 13.2. The Labute approximate surface area is 166 Å². The van der Waals surface area contributed by atoms with Crippen molar-refractivity contribution >= 4 is 23.4 Å². The van der Waals surface area contributed by atoms with Crippen molar-refractivity contribution in [1.82, 2.24) is 16.0 Å². The standard InChI is InChI=1S/C17H22ClN3O3.C3H8/c1-2-7-19-10-16(22)20-13-8-14(9-13)21-17(23)11-24-15-5-3-12(18)4-6-15;1-3-2/h3-6,8,13,19H,2,7,9-11H2,1H3,(H,20,22)(H,21,23);3H2,1-2H3. The van der Waals surface area contributed by atoms with Crippen LogP contribution >= 0.6 is 11.6 Å². The van der Waals surface area contributed by atoms with Gasteiger partial charge in [-0.25, -0.2) is 0 Å². The topological polar surface area (TPSA) is 79.5 Å². The number of carbonyl (C=O) groups is 2. The molecule has 0 aliphatic heterocycles. The highest BCUT2D eigenvalue weighted by Gasteiger charge is 2.22. The molecule has 3 N–H and O–H groups in total. The predicted molar refractivity (Wildman–Crippen MR) is 109 cm³/mol. The number of rotatable bonds is 9. The number of amides is 2. The molecule has 0 heterocycles. The summed E-state index contributed by atoms with van der Waals surface area (Å²) in [5.41, 5.74) is 0.798. The van der Waals surface area contributed by atoms with Gasteiger partial charge in [0.2, 0.25) is 5.91 Å². The van der Waals surface area contributed by atoms with Gasteiger partial charge in [0, 0.05) is 17.1 Å². The Morgan fingerprint density at radius 1 is 1.15 bits per heavy atom. The van der Waals surface area contributed by atoms with Gasteiger partial charge in [0.05, 0.1) is 12.6 Å². The van der Waals surface area contributed by atoms with Crippen LogP contribution in [-0.4, -0.2) is 37.6 Å². The third-order valence-electron chi connectivity index (χ3n) is 3.38. The molecule has 0 spiro atoms. The number of ether oxygens (including phenoxy) is 1. The van der Waals surface area contributed by atoms with Crippen molar-refractivity contribution in [3.05, 3.63) is 41.1 Å². The molecule has 1 atom stereocenters. The molecule has 1 aromatic rings. The van der Waals surface area contributed by atoms with E-state index in [-0.39, 0.29) is 24.5 Å². The summed E-state index contributed by atoms with van der Waals surface area (Å²) in [5.74, 6) is 0.314. The zero-order valence-corrected chi connectivity index (χ0v) is 17.1. The lowest BCUT2D eigenvalue weighted by Gasteiger charge is -2.26. The van der Waals surface area contributed by atoms with E-state index < -0.39 is 0 Å². The Bertz CT molecular complexity index is 617. The molecule has 0 radical (unpaired) electrons. The number of hydrogen-bond acceptors (Lipinski definition) is 4. The van der Waals surface area contributed by atoms with Crippen molar-refractivity contribution in [2.75, 3.05) is 19.7 Å². The van der Waals surface area contributed by atoms with Crippen molar-refractivity contribution in [1.29, 1.82) is 0 Å². The molecule has 0 saturated heterocycles. The van der Waals surface area contributed by atoms with Crippen LogP contribution in [0.5, 0.6) is 5.75 Å². The molecule has 1 aliphatic carbocycles. The summed E-state index contributed by atoms with van der Waals surface area (Å²) >= 11 is 5.78. The molecule has 150 valence electrons. The molecular formula is C20H30ClN3O3. The number of halogens is 1. The van der Waals surface area contributed by atoms with Gasteiger partial charge in [0.25, 0.3) is 5.91 Å². The van der Waals surface area contributed by atoms with E-state index in [1.165, 1.54) is 6.42 Å². The lowest BCUT2D eigenvalue weighted by molar-refractivity contribution is -0.122. The van der Waals surface area contributed by atoms with E-state index in [4.69, 9.17) is 16.3 Å². The lowest BCUT2D eigenvalue weighted by Crippen LogP contribution is -2.45. The summed E-state index contributed by atoms with van der Waals surface area (Å²) < 4.78 is 5.36. The highest BCUT2D eigenvalue weighted by molar-refractivity contribution is 6.30. The monoisotopic (exact) mass is 395 g/mol. The maximum Gasteiger partial charge on any atom is 0.262 e. The van der Waals surface area contributed by atoms with Crippen LogP contribution in [0.1, 0.15) is 40.0 Å². The van der Waals surface area contributed by atoms with Gasteiger partial charge < -0.3 is 20.7 Å². The Morgan fingerprint density at radius 2 is 1.78 bits per heavy atom. The van der Waals surface area contributed by atoms with Gasteiger partial charge in [0.15, 0.2) is 6.61 Å². The third-order valence-corrected chi connectivity index (χ3v) is 3.64. The smallest absolute Gasteiger partial charge is 0.262 e. The molecule has 1 aromatic carbocycles. The van der Waals surface area contributed by atoms with Crippen molar-refractivity contribution in [3.63, 3.8) is 0 Å². The summed E-state index contributed by atoms with van der Waals surface area (Å²) in [5, 5.41) is 9.28. The fourth-order valence-electron chi connectivity index (χ4n) is 2.16. The second-order valence-electron chi connectivity index (χ2n) is 6.24. The number of carbonyl (C=O) groups excluding carboxylic acids is 2. The van der Waals surface area contributed by atoms with Crippen molar-refractivity contribution in [3.8, 4) is 5.75 Å². The normalized spacial score (nSPS) is 14.8. The van der Waals surface area contributed by atoms with Gasteiger partial charge in [-0.2, -0.15) is 0 Å². The van der Waals surface area contributed by atoms with Crippen LogP contribution in [0.2, 0.25) is 5.02 Å². The van der Waals surface area contributed by atoms with Crippen LogP contribution in [-0.2, 0) is 9.59 Å². The first-order valence-electron chi connectivity index (χ1n) is 9.37. The molecule has 0 saturated carbocycles. The maximum atomic E-state index is 11.8. The SMILES string of the molecule is CCC.CCCNCC(=O)NC1C=C(NC(=O)COc2ccc(Cl)cc2)C1. The Morgan fingerprint density at radius 3 is 2.37 bits per heavy atom. The minimum atomic E-state index is -0.231. The molecule has 0 fully saturated rings. The van der Waals surface area contributed by atoms with Gasteiger partial charge in [-0.15, -0.1) is 0 Å². The minimum Gasteiger partial charge on any atom is -0.484 e. The van der Waals surface area contributed by atoms with E-state index in [0.717, 1.165) is 18.7 Å². The largest absolute Gasteiger partial charge is 0.484 e. The molecule has 1 aliphatic rings.